The summed E-state index contributed by atoms with van der Waals surface area (Å²) in [6.45, 7) is 3.23. The number of carbonyl (C=O) groups excluding carboxylic acids is 5. The van der Waals surface area contributed by atoms with Gasteiger partial charge in [-0.2, -0.15) is 0 Å². The number of phenols is 2. The van der Waals surface area contributed by atoms with Crippen LogP contribution in [0.3, 0.4) is 0 Å². The Labute approximate surface area is 188 Å². The lowest BCUT2D eigenvalue weighted by Crippen LogP contribution is -2.43. The summed E-state index contributed by atoms with van der Waals surface area (Å²) in [4.78, 5) is 62.6. The Morgan fingerprint density at radius 1 is 0.909 bits per heavy atom. The Balaban J connectivity index is 1.95. The summed E-state index contributed by atoms with van der Waals surface area (Å²) in [5.74, 6) is -4.99. The molecule has 0 fully saturated rings. The first-order valence-electron chi connectivity index (χ1n) is 10.1. The zero-order valence-electron chi connectivity index (χ0n) is 17.8. The number of ketones is 2. The van der Waals surface area contributed by atoms with Gasteiger partial charge in [-0.1, -0.05) is 12.1 Å². The van der Waals surface area contributed by atoms with Crippen LogP contribution in [0.4, 0.5) is 0 Å². The standard InChI is InChI=1S/C23H21NO9/c1-3-32-17(27)10-14(23(31)33-4-2)24-22(30)11-8-13-19(16(26)9-11)21(29)18-12(20(13)28)6-5-7-15(18)25/h5-9,14,25-26H,3-4,10H2,1-2H3,(H,24,30). The van der Waals surface area contributed by atoms with Crippen LogP contribution in [0, 0.1) is 0 Å². The van der Waals surface area contributed by atoms with Crippen LogP contribution < -0.4 is 5.32 Å². The molecule has 0 aliphatic heterocycles. The number of rotatable bonds is 7. The molecule has 1 aliphatic carbocycles. The van der Waals surface area contributed by atoms with Gasteiger partial charge in [0.2, 0.25) is 5.78 Å². The highest BCUT2D eigenvalue weighted by Gasteiger charge is 2.35. The Hall–Kier alpha value is -4.21. The van der Waals surface area contributed by atoms with Crippen molar-refractivity contribution in [2.45, 2.75) is 26.3 Å². The van der Waals surface area contributed by atoms with Gasteiger partial charge in [0, 0.05) is 16.7 Å². The Morgan fingerprint density at radius 3 is 2.24 bits per heavy atom. The Kier molecular flexibility index (Phi) is 6.76. The molecule has 0 aromatic heterocycles. The number of aromatic hydroxyl groups is 2. The summed E-state index contributed by atoms with van der Waals surface area (Å²) in [6.07, 6.45) is -0.487. The van der Waals surface area contributed by atoms with E-state index < -0.39 is 53.4 Å². The molecule has 0 saturated heterocycles. The van der Waals surface area contributed by atoms with E-state index in [9.17, 15) is 34.2 Å². The van der Waals surface area contributed by atoms with Crippen molar-refractivity contribution in [3.8, 4) is 11.5 Å². The molecule has 10 heteroatoms. The van der Waals surface area contributed by atoms with Crippen molar-refractivity contribution in [1.29, 1.82) is 0 Å². The van der Waals surface area contributed by atoms with Crippen LogP contribution in [-0.4, -0.2) is 58.9 Å². The van der Waals surface area contributed by atoms with Crippen LogP contribution in [0.15, 0.2) is 30.3 Å². The van der Waals surface area contributed by atoms with Crippen LogP contribution >= 0.6 is 0 Å². The van der Waals surface area contributed by atoms with E-state index >= 15 is 0 Å². The largest absolute Gasteiger partial charge is 0.507 e. The van der Waals surface area contributed by atoms with Crippen LogP contribution in [0.2, 0.25) is 0 Å². The van der Waals surface area contributed by atoms with Crippen molar-refractivity contribution < 1.29 is 43.7 Å². The Bertz CT molecular complexity index is 1170. The fourth-order valence-corrected chi connectivity index (χ4v) is 3.48. The molecule has 3 N–H and O–H groups in total. The summed E-state index contributed by atoms with van der Waals surface area (Å²) < 4.78 is 9.69. The molecule has 10 nitrogen and oxygen atoms in total. The van der Waals surface area contributed by atoms with Gasteiger partial charge >= 0.3 is 11.9 Å². The molecule has 0 radical (unpaired) electrons. The van der Waals surface area contributed by atoms with Crippen molar-refractivity contribution in [3.05, 3.63) is 58.1 Å². The molecule has 0 saturated carbocycles. The van der Waals surface area contributed by atoms with E-state index in [2.05, 4.69) is 5.32 Å². The molecular weight excluding hydrogens is 434 g/mol. The first-order valence-corrected chi connectivity index (χ1v) is 10.1. The van der Waals surface area contributed by atoms with Gasteiger partial charge in [-0.25, -0.2) is 4.79 Å². The van der Waals surface area contributed by atoms with Crippen LogP contribution in [0.5, 0.6) is 11.5 Å². The molecule has 172 valence electrons. The molecule has 2 aromatic carbocycles. The third-order valence-corrected chi connectivity index (χ3v) is 4.92. The average molecular weight is 455 g/mol. The predicted octanol–water partition coefficient (Wildman–Crippen LogP) is 1.49. The summed E-state index contributed by atoms with van der Waals surface area (Å²) in [7, 11) is 0. The number of hydrogen-bond acceptors (Lipinski definition) is 9. The minimum atomic E-state index is -1.37. The SMILES string of the molecule is CCOC(=O)CC(NC(=O)c1cc(O)c2c(c1)C(=O)c1cccc(O)c1C2=O)C(=O)OCC. The summed E-state index contributed by atoms with van der Waals surface area (Å²) in [5.41, 5.74) is -1.12. The fraction of sp³-hybridized carbons (Fsp3) is 0.261. The lowest BCUT2D eigenvalue weighted by Gasteiger charge is -2.21. The number of benzene rings is 2. The number of phenolic OH excluding ortho intramolecular Hbond substituents is 2. The van der Waals surface area contributed by atoms with E-state index in [1.165, 1.54) is 18.2 Å². The summed E-state index contributed by atoms with van der Waals surface area (Å²) >= 11 is 0. The number of amides is 1. The molecule has 0 heterocycles. The minimum Gasteiger partial charge on any atom is -0.507 e. The molecule has 33 heavy (non-hydrogen) atoms. The molecule has 1 atom stereocenters. The molecule has 2 aromatic rings. The highest BCUT2D eigenvalue weighted by atomic mass is 16.5. The summed E-state index contributed by atoms with van der Waals surface area (Å²) in [6, 6.07) is 4.66. The first-order chi connectivity index (χ1) is 15.7. The quantitative estimate of drug-likeness (QED) is 0.449. The van der Waals surface area contributed by atoms with Gasteiger partial charge in [0.25, 0.3) is 5.91 Å². The fourth-order valence-electron chi connectivity index (χ4n) is 3.48. The van der Waals surface area contributed by atoms with Crippen molar-refractivity contribution in [3.63, 3.8) is 0 Å². The van der Waals surface area contributed by atoms with Crippen molar-refractivity contribution >= 4 is 29.4 Å². The van der Waals surface area contributed by atoms with Gasteiger partial charge in [0.1, 0.15) is 17.5 Å². The van der Waals surface area contributed by atoms with Gasteiger partial charge in [-0.05, 0) is 32.0 Å². The van der Waals surface area contributed by atoms with E-state index in [1.807, 2.05) is 0 Å². The molecular formula is C23H21NO9. The Morgan fingerprint density at radius 2 is 1.58 bits per heavy atom. The number of nitrogens with one attached hydrogen (secondary N) is 1. The smallest absolute Gasteiger partial charge is 0.329 e. The topological polar surface area (TPSA) is 156 Å². The predicted molar refractivity (Wildman–Crippen MR) is 112 cm³/mol. The van der Waals surface area contributed by atoms with Crippen LogP contribution in [0.1, 0.15) is 62.5 Å². The molecule has 1 unspecified atom stereocenters. The number of esters is 2. The van der Waals surface area contributed by atoms with Gasteiger partial charge < -0.3 is 25.0 Å². The van der Waals surface area contributed by atoms with Crippen LogP contribution in [-0.2, 0) is 19.1 Å². The zero-order valence-corrected chi connectivity index (χ0v) is 17.8. The monoisotopic (exact) mass is 455 g/mol. The van der Waals surface area contributed by atoms with E-state index in [0.717, 1.165) is 12.1 Å². The maximum atomic E-state index is 12.9. The third kappa shape index (κ3) is 4.54. The van der Waals surface area contributed by atoms with E-state index in [0.29, 0.717) is 0 Å². The average Bonchev–Trinajstić information content (AvgIpc) is 2.76. The molecule has 0 bridgehead atoms. The maximum absolute atomic E-state index is 12.9. The number of ether oxygens (including phenoxy) is 2. The minimum absolute atomic E-state index is 0.0104. The van der Waals surface area contributed by atoms with Crippen molar-refractivity contribution in [2.75, 3.05) is 13.2 Å². The first kappa shape index (κ1) is 23.5. The van der Waals surface area contributed by atoms with Crippen molar-refractivity contribution in [1.82, 2.24) is 5.32 Å². The van der Waals surface area contributed by atoms with Gasteiger partial charge in [0.05, 0.1) is 30.8 Å². The molecule has 0 spiro atoms. The van der Waals surface area contributed by atoms with E-state index in [-0.39, 0.29) is 41.0 Å². The third-order valence-electron chi connectivity index (χ3n) is 4.92. The van der Waals surface area contributed by atoms with Gasteiger partial charge in [-0.15, -0.1) is 0 Å². The lowest BCUT2D eigenvalue weighted by atomic mass is 9.82. The van der Waals surface area contributed by atoms with E-state index in [4.69, 9.17) is 9.47 Å². The van der Waals surface area contributed by atoms with Crippen molar-refractivity contribution in [2.24, 2.45) is 0 Å². The lowest BCUT2D eigenvalue weighted by molar-refractivity contribution is -0.152. The second kappa shape index (κ2) is 9.51. The number of hydrogen-bond donors (Lipinski definition) is 3. The number of fused-ring (bicyclic) bond motifs is 2. The molecule has 1 amide bonds. The van der Waals surface area contributed by atoms with Crippen LogP contribution in [0.25, 0.3) is 0 Å². The maximum Gasteiger partial charge on any atom is 0.329 e. The second-order valence-electron chi connectivity index (χ2n) is 7.06. The van der Waals surface area contributed by atoms with E-state index in [1.54, 1.807) is 13.8 Å². The molecule has 3 rings (SSSR count). The zero-order chi connectivity index (χ0) is 24.3. The second-order valence-corrected chi connectivity index (χ2v) is 7.06. The number of carbonyl (C=O) groups is 5. The highest BCUT2D eigenvalue weighted by Crippen LogP contribution is 2.37. The normalized spacial score (nSPS) is 12.9. The van der Waals surface area contributed by atoms with Gasteiger partial charge in [-0.3, -0.25) is 19.2 Å². The summed E-state index contributed by atoms with van der Waals surface area (Å²) in [5, 5.41) is 22.8. The highest BCUT2D eigenvalue weighted by molar-refractivity contribution is 6.30. The van der Waals surface area contributed by atoms with Gasteiger partial charge in [0.15, 0.2) is 5.78 Å². The molecule has 1 aliphatic rings.